The van der Waals surface area contributed by atoms with Crippen molar-refractivity contribution < 1.29 is 9.47 Å². The molecule has 1 aromatic heterocycles. The van der Waals surface area contributed by atoms with E-state index in [0.29, 0.717) is 13.2 Å². The molecule has 1 aliphatic rings. The average molecular weight is 155 g/mol. The minimum absolute atomic E-state index is 0.302. The SMILES string of the molecule is Cn1cc(C2OCCO2)nn1. The van der Waals surface area contributed by atoms with Crippen molar-refractivity contribution in [3.05, 3.63) is 11.9 Å². The fourth-order valence-electron chi connectivity index (χ4n) is 1.00. The second-order valence-electron chi connectivity index (χ2n) is 2.39. The molecule has 1 fully saturated rings. The summed E-state index contributed by atoms with van der Waals surface area (Å²) in [6.45, 7) is 1.28. The molecule has 0 radical (unpaired) electrons. The number of ether oxygens (including phenoxy) is 2. The zero-order valence-electron chi connectivity index (χ0n) is 6.23. The number of hydrogen-bond donors (Lipinski definition) is 0. The summed E-state index contributed by atoms with van der Waals surface area (Å²) in [4.78, 5) is 0. The largest absolute Gasteiger partial charge is 0.345 e. The van der Waals surface area contributed by atoms with Crippen molar-refractivity contribution in [1.82, 2.24) is 15.0 Å². The highest BCUT2D eigenvalue weighted by Crippen LogP contribution is 2.19. The van der Waals surface area contributed by atoms with Crippen LogP contribution in [-0.2, 0) is 16.5 Å². The first-order chi connectivity index (χ1) is 5.36. The minimum atomic E-state index is -0.302. The van der Waals surface area contributed by atoms with Crippen molar-refractivity contribution in [3.8, 4) is 0 Å². The van der Waals surface area contributed by atoms with Gasteiger partial charge in [0.1, 0.15) is 5.69 Å². The van der Waals surface area contributed by atoms with Crippen LogP contribution in [0.3, 0.4) is 0 Å². The summed E-state index contributed by atoms with van der Waals surface area (Å²) >= 11 is 0. The van der Waals surface area contributed by atoms with Crippen molar-refractivity contribution in [1.29, 1.82) is 0 Å². The standard InChI is InChI=1S/C6H9N3O2/c1-9-4-5(7-8-9)6-10-2-3-11-6/h4,6H,2-3H2,1H3. The van der Waals surface area contributed by atoms with Crippen LogP contribution >= 0.6 is 0 Å². The Morgan fingerprint density at radius 3 is 2.82 bits per heavy atom. The van der Waals surface area contributed by atoms with Crippen molar-refractivity contribution in [2.75, 3.05) is 13.2 Å². The van der Waals surface area contributed by atoms with E-state index in [0.717, 1.165) is 5.69 Å². The maximum Gasteiger partial charge on any atom is 0.204 e. The summed E-state index contributed by atoms with van der Waals surface area (Å²) in [6, 6.07) is 0. The number of hydrogen-bond acceptors (Lipinski definition) is 4. The molecule has 1 aliphatic heterocycles. The quantitative estimate of drug-likeness (QED) is 0.566. The number of aryl methyl sites for hydroxylation is 1. The van der Waals surface area contributed by atoms with Gasteiger partial charge in [-0.3, -0.25) is 4.68 Å². The van der Waals surface area contributed by atoms with Gasteiger partial charge in [-0.15, -0.1) is 5.10 Å². The van der Waals surface area contributed by atoms with E-state index in [2.05, 4.69) is 10.3 Å². The molecule has 5 heteroatoms. The molecule has 1 aromatic rings. The summed E-state index contributed by atoms with van der Waals surface area (Å²) in [5.41, 5.74) is 0.741. The first-order valence-electron chi connectivity index (χ1n) is 3.46. The maximum atomic E-state index is 5.21. The minimum Gasteiger partial charge on any atom is -0.345 e. The van der Waals surface area contributed by atoms with E-state index in [4.69, 9.17) is 9.47 Å². The number of aromatic nitrogens is 3. The molecular weight excluding hydrogens is 146 g/mol. The molecule has 60 valence electrons. The molecule has 0 aliphatic carbocycles. The molecule has 11 heavy (non-hydrogen) atoms. The van der Waals surface area contributed by atoms with Gasteiger partial charge in [0.25, 0.3) is 0 Å². The summed E-state index contributed by atoms with van der Waals surface area (Å²) in [5.74, 6) is 0. The lowest BCUT2D eigenvalue weighted by atomic mass is 10.5. The molecular formula is C6H9N3O2. The Bertz CT molecular complexity index is 242. The van der Waals surface area contributed by atoms with Gasteiger partial charge in [-0.05, 0) is 0 Å². The zero-order chi connectivity index (χ0) is 7.68. The van der Waals surface area contributed by atoms with Crippen molar-refractivity contribution in [3.63, 3.8) is 0 Å². The molecule has 1 saturated heterocycles. The van der Waals surface area contributed by atoms with E-state index in [1.165, 1.54) is 0 Å². The Kier molecular flexibility index (Phi) is 1.59. The van der Waals surface area contributed by atoms with Gasteiger partial charge in [0.05, 0.1) is 19.4 Å². The van der Waals surface area contributed by atoms with E-state index in [1.807, 2.05) is 7.05 Å². The monoisotopic (exact) mass is 155 g/mol. The lowest BCUT2D eigenvalue weighted by Gasteiger charge is -2.01. The highest BCUT2D eigenvalue weighted by atomic mass is 16.7. The van der Waals surface area contributed by atoms with Crippen LogP contribution in [0.5, 0.6) is 0 Å². The van der Waals surface area contributed by atoms with Gasteiger partial charge in [0, 0.05) is 7.05 Å². The smallest absolute Gasteiger partial charge is 0.204 e. The molecule has 0 N–H and O–H groups in total. The first kappa shape index (κ1) is 6.75. The Hall–Kier alpha value is -0.940. The third-order valence-electron chi connectivity index (χ3n) is 1.48. The predicted octanol–water partition coefficient (Wildman–Crippen LogP) is -0.140. The van der Waals surface area contributed by atoms with E-state index >= 15 is 0 Å². The molecule has 2 heterocycles. The molecule has 0 unspecified atom stereocenters. The van der Waals surface area contributed by atoms with Crippen LogP contribution in [0.4, 0.5) is 0 Å². The Balaban J connectivity index is 2.15. The van der Waals surface area contributed by atoms with Crippen LogP contribution in [0.25, 0.3) is 0 Å². The van der Waals surface area contributed by atoms with Gasteiger partial charge < -0.3 is 9.47 Å². The van der Waals surface area contributed by atoms with Crippen LogP contribution in [0.2, 0.25) is 0 Å². The number of nitrogens with zero attached hydrogens (tertiary/aromatic N) is 3. The second-order valence-corrected chi connectivity index (χ2v) is 2.39. The molecule has 0 spiro atoms. The lowest BCUT2D eigenvalue weighted by molar-refractivity contribution is -0.0473. The Morgan fingerprint density at radius 2 is 2.27 bits per heavy atom. The van der Waals surface area contributed by atoms with Crippen LogP contribution < -0.4 is 0 Å². The fourth-order valence-corrected chi connectivity index (χ4v) is 1.00. The van der Waals surface area contributed by atoms with E-state index in [-0.39, 0.29) is 6.29 Å². The summed E-state index contributed by atoms with van der Waals surface area (Å²) < 4.78 is 12.1. The van der Waals surface area contributed by atoms with Crippen LogP contribution in [0.15, 0.2) is 6.20 Å². The Labute approximate surface area is 63.9 Å². The van der Waals surface area contributed by atoms with Gasteiger partial charge in [0.15, 0.2) is 0 Å². The highest BCUT2D eigenvalue weighted by Gasteiger charge is 2.20. The maximum absolute atomic E-state index is 5.21. The molecule has 5 nitrogen and oxygen atoms in total. The first-order valence-corrected chi connectivity index (χ1v) is 3.46. The summed E-state index contributed by atoms with van der Waals surface area (Å²) in [6.07, 6.45) is 1.49. The molecule has 0 saturated carbocycles. The Morgan fingerprint density at radius 1 is 1.55 bits per heavy atom. The third-order valence-corrected chi connectivity index (χ3v) is 1.48. The van der Waals surface area contributed by atoms with Gasteiger partial charge in [-0.25, -0.2) is 0 Å². The van der Waals surface area contributed by atoms with Gasteiger partial charge in [0.2, 0.25) is 6.29 Å². The van der Waals surface area contributed by atoms with Crippen LogP contribution in [0, 0.1) is 0 Å². The van der Waals surface area contributed by atoms with Crippen LogP contribution in [-0.4, -0.2) is 28.2 Å². The van der Waals surface area contributed by atoms with Gasteiger partial charge in [-0.2, -0.15) is 0 Å². The average Bonchev–Trinajstić information content (AvgIpc) is 2.55. The van der Waals surface area contributed by atoms with Crippen molar-refractivity contribution in [2.45, 2.75) is 6.29 Å². The van der Waals surface area contributed by atoms with Crippen LogP contribution in [0.1, 0.15) is 12.0 Å². The molecule has 0 bridgehead atoms. The lowest BCUT2D eigenvalue weighted by Crippen LogP contribution is -1.97. The number of rotatable bonds is 1. The van der Waals surface area contributed by atoms with E-state index in [9.17, 15) is 0 Å². The molecule has 0 amide bonds. The van der Waals surface area contributed by atoms with E-state index in [1.54, 1.807) is 10.9 Å². The fraction of sp³-hybridized carbons (Fsp3) is 0.667. The van der Waals surface area contributed by atoms with Gasteiger partial charge >= 0.3 is 0 Å². The third kappa shape index (κ3) is 1.24. The second kappa shape index (κ2) is 2.60. The summed E-state index contributed by atoms with van der Waals surface area (Å²) in [5, 5.41) is 7.63. The predicted molar refractivity (Wildman–Crippen MR) is 35.6 cm³/mol. The molecule has 0 aromatic carbocycles. The van der Waals surface area contributed by atoms with E-state index < -0.39 is 0 Å². The zero-order valence-corrected chi connectivity index (χ0v) is 6.23. The van der Waals surface area contributed by atoms with Crippen molar-refractivity contribution >= 4 is 0 Å². The van der Waals surface area contributed by atoms with Gasteiger partial charge in [-0.1, -0.05) is 5.21 Å². The normalized spacial score (nSPS) is 19.4. The molecule has 0 atom stereocenters. The highest BCUT2D eigenvalue weighted by molar-refractivity contribution is 4.94. The summed E-state index contributed by atoms with van der Waals surface area (Å²) in [7, 11) is 1.81. The molecule has 2 rings (SSSR count). The van der Waals surface area contributed by atoms with Crippen molar-refractivity contribution in [2.24, 2.45) is 7.05 Å². The topological polar surface area (TPSA) is 49.2 Å².